The number of furan rings is 1. The van der Waals surface area contributed by atoms with E-state index in [9.17, 15) is 5.48 Å². The molecule has 1 nitrogen and oxygen atoms in total. The van der Waals surface area contributed by atoms with Crippen LogP contribution >= 0.6 is 0 Å². The number of benzene rings is 9. The van der Waals surface area contributed by atoms with Crippen molar-refractivity contribution in [2.45, 2.75) is 0 Å². The van der Waals surface area contributed by atoms with Crippen molar-refractivity contribution in [3.05, 3.63) is 182 Å². The van der Waals surface area contributed by atoms with Gasteiger partial charge in [0.05, 0.1) is 11.0 Å². The van der Waals surface area contributed by atoms with Crippen LogP contribution in [0.1, 0.15) is 11.0 Å². The molecule has 1 aromatic heterocycles. The first-order valence-corrected chi connectivity index (χ1v) is 16.2. The van der Waals surface area contributed by atoms with Gasteiger partial charge in [-0.2, -0.15) is 0 Å². The molecular formula is C48H30O. The third-order valence-corrected chi connectivity index (χ3v) is 9.51. The second-order valence-corrected chi connectivity index (χ2v) is 12.2. The molecule has 0 spiro atoms. The lowest BCUT2D eigenvalue weighted by Crippen LogP contribution is -1.92. The van der Waals surface area contributed by atoms with Gasteiger partial charge in [-0.25, -0.2) is 0 Å². The van der Waals surface area contributed by atoms with Crippen LogP contribution in [-0.4, -0.2) is 0 Å². The van der Waals surface area contributed by atoms with Gasteiger partial charge in [-0.15, -0.1) is 0 Å². The normalized spacial score (nSPS) is 14.0. The van der Waals surface area contributed by atoms with E-state index in [0.717, 1.165) is 32.7 Å². The Hall–Kier alpha value is -6.44. The standard InChI is InChI=1S/C48H30O/c1-2-14-31(15-3-1)36-18-6-11-23-42(36)48-47(43-24-12-13-25-44(43)49-48)46-40-21-9-7-19-38(40)45(39-20-8-10-22-41(39)46)34-28-29-37-33(30-34)27-26-32-16-4-5-17-35(32)37/h1-30H/i7D,8D,9D,10D,19D,20D,21D,22D. The molecular weight excluding hydrogens is 593 g/mol. The Balaban J connectivity index is 1.45. The molecule has 0 saturated heterocycles. The highest BCUT2D eigenvalue weighted by atomic mass is 16.3. The molecule has 0 atom stereocenters. The lowest BCUT2D eigenvalue weighted by Gasteiger charge is -2.19. The summed E-state index contributed by atoms with van der Waals surface area (Å²) in [5.41, 5.74) is 4.59. The second-order valence-electron chi connectivity index (χ2n) is 12.2. The molecule has 0 aliphatic heterocycles. The number of fused-ring (bicyclic) bond motifs is 6. The Morgan fingerprint density at radius 2 is 0.939 bits per heavy atom. The van der Waals surface area contributed by atoms with Crippen molar-refractivity contribution in [2.75, 3.05) is 0 Å². The maximum atomic E-state index is 9.59. The molecule has 0 bridgehead atoms. The minimum atomic E-state index is -0.455. The van der Waals surface area contributed by atoms with Gasteiger partial charge in [0.2, 0.25) is 0 Å². The van der Waals surface area contributed by atoms with E-state index >= 15 is 0 Å². The highest BCUT2D eigenvalue weighted by Crippen LogP contribution is 2.50. The van der Waals surface area contributed by atoms with Crippen molar-refractivity contribution in [3.8, 4) is 44.7 Å². The van der Waals surface area contributed by atoms with Crippen LogP contribution in [0.15, 0.2) is 186 Å². The summed E-state index contributed by atoms with van der Waals surface area (Å²) < 4.78 is 80.8. The SMILES string of the molecule is [2H]c1c([2H])c([2H])c2c(-c3c(-c4ccccc4-c4ccccc4)oc4ccccc34)c3c([2H])c([2H])c([2H])c([2H])c3c(-c3ccc4c(ccc5ccccc54)c3)c2c1[2H]. The lowest BCUT2D eigenvalue weighted by molar-refractivity contribution is 0.633. The van der Waals surface area contributed by atoms with Crippen molar-refractivity contribution in [1.82, 2.24) is 0 Å². The Morgan fingerprint density at radius 1 is 0.367 bits per heavy atom. The molecule has 0 fully saturated rings. The van der Waals surface area contributed by atoms with Crippen LogP contribution in [0.4, 0.5) is 0 Å². The first kappa shape index (κ1) is 20.7. The highest BCUT2D eigenvalue weighted by molar-refractivity contribution is 6.25. The van der Waals surface area contributed by atoms with Gasteiger partial charge in [-0.1, -0.05) is 170 Å². The van der Waals surface area contributed by atoms with E-state index in [1.165, 1.54) is 0 Å². The summed E-state index contributed by atoms with van der Waals surface area (Å²) in [5.74, 6) is 0.406. The van der Waals surface area contributed by atoms with Gasteiger partial charge in [-0.05, 0) is 77.5 Å². The fourth-order valence-corrected chi connectivity index (χ4v) is 7.37. The van der Waals surface area contributed by atoms with E-state index in [1.807, 2.05) is 133 Å². The number of hydrogen-bond acceptors (Lipinski definition) is 1. The largest absolute Gasteiger partial charge is 0.455 e. The van der Waals surface area contributed by atoms with E-state index in [-0.39, 0.29) is 51.3 Å². The zero-order chi connectivity index (χ0) is 39.3. The van der Waals surface area contributed by atoms with E-state index in [2.05, 4.69) is 0 Å². The van der Waals surface area contributed by atoms with E-state index in [0.29, 0.717) is 39.0 Å². The van der Waals surface area contributed by atoms with Crippen LogP contribution in [0.5, 0.6) is 0 Å². The van der Waals surface area contributed by atoms with Crippen LogP contribution in [0, 0.1) is 0 Å². The average molecular weight is 631 g/mol. The molecule has 10 aromatic rings. The number of para-hydroxylation sites is 1. The Labute approximate surface area is 295 Å². The van der Waals surface area contributed by atoms with Gasteiger partial charge in [0.1, 0.15) is 11.3 Å². The minimum Gasteiger partial charge on any atom is -0.455 e. The molecule has 9 aromatic carbocycles. The maximum absolute atomic E-state index is 9.59. The van der Waals surface area contributed by atoms with Gasteiger partial charge in [0.25, 0.3) is 0 Å². The minimum absolute atomic E-state index is 0.136. The zero-order valence-corrected chi connectivity index (χ0v) is 26.1. The topological polar surface area (TPSA) is 13.1 Å². The van der Waals surface area contributed by atoms with Gasteiger partial charge in [-0.3, -0.25) is 0 Å². The molecule has 0 N–H and O–H groups in total. The summed E-state index contributed by atoms with van der Waals surface area (Å²) in [5, 5.41) is 5.18. The molecule has 10 rings (SSSR count). The summed E-state index contributed by atoms with van der Waals surface area (Å²) in [6.07, 6.45) is 0. The molecule has 228 valence electrons. The zero-order valence-electron chi connectivity index (χ0n) is 34.1. The van der Waals surface area contributed by atoms with Crippen LogP contribution in [-0.2, 0) is 0 Å². The predicted molar refractivity (Wildman–Crippen MR) is 208 cm³/mol. The van der Waals surface area contributed by atoms with Crippen molar-refractivity contribution in [1.29, 1.82) is 0 Å². The van der Waals surface area contributed by atoms with Crippen molar-refractivity contribution >= 4 is 54.1 Å². The summed E-state index contributed by atoms with van der Waals surface area (Å²) >= 11 is 0. The molecule has 0 amide bonds. The summed E-state index contributed by atoms with van der Waals surface area (Å²) in [4.78, 5) is 0. The molecule has 0 aliphatic rings. The highest BCUT2D eigenvalue weighted by Gasteiger charge is 2.25. The maximum Gasteiger partial charge on any atom is 0.143 e. The van der Waals surface area contributed by atoms with Gasteiger partial charge in [0.15, 0.2) is 0 Å². The van der Waals surface area contributed by atoms with Crippen molar-refractivity contribution < 1.29 is 15.4 Å². The Kier molecular flexibility index (Phi) is 4.69. The van der Waals surface area contributed by atoms with E-state index in [4.69, 9.17) is 9.90 Å². The Morgan fingerprint density at radius 3 is 1.69 bits per heavy atom. The molecule has 0 radical (unpaired) electrons. The van der Waals surface area contributed by atoms with Gasteiger partial charge >= 0.3 is 0 Å². The Bertz CT molecular complexity index is 3250. The smallest absolute Gasteiger partial charge is 0.143 e. The molecule has 1 heteroatoms. The van der Waals surface area contributed by atoms with Crippen molar-refractivity contribution in [2.24, 2.45) is 0 Å². The summed E-state index contributed by atoms with van der Waals surface area (Å²) in [6.45, 7) is 0. The van der Waals surface area contributed by atoms with E-state index < -0.39 is 24.2 Å². The molecule has 1 heterocycles. The van der Waals surface area contributed by atoms with Crippen LogP contribution in [0.2, 0.25) is 0 Å². The monoisotopic (exact) mass is 630 g/mol. The quantitative estimate of drug-likeness (QED) is 0.139. The first-order valence-electron chi connectivity index (χ1n) is 20.2. The van der Waals surface area contributed by atoms with Gasteiger partial charge in [0, 0.05) is 22.1 Å². The fourth-order valence-electron chi connectivity index (χ4n) is 7.37. The third kappa shape index (κ3) is 4.33. The third-order valence-electron chi connectivity index (χ3n) is 9.51. The summed E-state index contributed by atoms with van der Waals surface area (Å²) in [7, 11) is 0. The summed E-state index contributed by atoms with van der Waals surface area (Å²) in [6, 6.07) is 39.8. The number of rotatable bonds is 4. The predicted octanol–water partition coefficient (Wildman–Crippen LogP) is 13.7. The molecule has 49 heavy (non-hydrogen) atoms. The van der Waals surface area contributed by atoms with Crippen LogP contribution in [0.25, 0.3) is 98.8 Å². The van der Waals surface area contributed by atoms with Crippen LogP contribution < -0.4 is 0 Å². The van der Waals surface area contributed by atoms with E-state index in [1.54, 1.807) is 0 Å². The molecule has 0 saturated carbocycles. The number of hydrogen-bond donors (Lipinski definition) is 0. The second kappa shape index (κ2) is 11.1. The lowest BCUT2D eigenvalue weighted by atomic mass is 9.83. The van der Waals surface area contributed by atoms with Crippen molar-refractivity contribution in [3.63, 3.8) is 0 Å². The fraction of sp³-hybridized carbons (Fsp3) is 0. The molecule has 0 unspecified atom stereocenters. The van der Waals surface area contributed by atoms with Crippen LogP contribution in [0.3, 0.4) is 0 Å². The average Bonchev–Trinajstić information content (AvgIpc) is 3.64. The molecule has 0 aliphatic carbocycles. The first-order chi connectivity index (χ1) is 27.7. The van der Waals surface area contributed by atoms with Gasteiger partial charge < -0.3 is 4.42 Å².